The summed E-state index contributed by atoms with van der Waals surface area (Å²) in [7, 11) is 3.82. The Bertz CT molecular complexity index is 841. The van der Waals surface area contributed by atoms with E-state index in [0.29, 0.717) is 6.54 Å². The molecule has 0 bridgehead atoms. The van der Waals surface area contributed by atoms with E-state index in [-0.39, 0.29) is 30.0 Å². The lowest BCUT2D eigenvalue weighted by molar-refractivity contribution is 0.672. The van der Waals surface area contributed by atoms with Crippen LogP contribution in [0.2, 0.25) is 0 Å². The van der Waals surface area contributed by atoms with E-state index in [1.54, 1.807) is 7.05 Å². The van der Waals surface area contributed by atoms with E-state index >= 15 is 0 Å². The predicted octanol–water partition coefficient (Wildman–Crippen LogP) is 3.62. The summed E-state index contributed by atoms with van der Waals surface area (Å²) in [5.74, 6) is 1.74. The maximum Gasteiger partial charge on any atom is 0.191 e. The van der Waals surface area contributed by atoms with Gasteiger partial charge >= 0.3 is 0 Å². The van der Waals surface area contributed by atoms with Gasteiger partial charge in [-0.2, -0.15) is 0 Å². The molecule has 0 spiro atoms. The van der Waals surface area contributed by atoms with Gasteiger partial charge in [0.15, 0.2) is 5.96 Å². The summed E-state index contributed by atoms with van der Waals surface area (Å²) in [5, 5.41) is 6.75. The van der Waals surface area contributed by atoms with E-state index in [0.717, 1.165) is 22.8 Å². The van der Waals surface area contributed by atoms with Crippen LogP contribution in [0.1, 0.15) is 24.4 Å². The summed E-state index contributed by atoms with van der Waals surface area (Å²) in [6.45, 7) is 2.74. The van der Waals surface area contributed by atoms with Gasteiger partial charge in [0.05, 0.1) is 23.6 Å². The monoisotopic (exact) mass is 449 g/mol. The Morgan fingerprint density at radius 1 is 1.12 bits per heavy atom. The van der Waals surface area contributed by atoms with Crippen LogP contribution < -0.4 is 10.6 Å². The number of halogens is 1. The molecule has 3 rings (SSSR count). The molecule has 0 aliphatic heterocycles. The zero-order valence-corrected chi connectivity index (χ0v) is 17.1. The number of nitrogens with one attached hydrogen (secondary N) is 2. The van der Waals surface area contributed by atoms with Crippen LogP contribution in [0.25, 0.3) is 11.0 Å². The number of benzene rings is 2. The maximum absolute atomic E-state index is 4.67. The molecule has 5 nitrogen and oxygen atoms in total. The van der Waals surface area contributed by atoms with Crippen molar-refractivity contribution in [1.29, 1.82) is 0 Å². The third-order valence-corrected chi connectivity index (χ3v) is 4.17. The number of fused-ring (bicyclic) bond motifs is 1. The molecule has 1 atom stereocenters. The molecule has 132 valence electrons. The molecule has 2 N–H and O–H groups in total. The van der Waals surface area contributed by atoms with Gasteiger partial charge in [0.25, 0.3) is 0 Å². The Kier molecular flexibility index (Phi) is 6.81. The molecule has 0 saturated heterocycles. The second kappa shape index (κ2) is 8.84. The average molecular weight is 449 g/mol. The first-order valence-corrected chi connectivity index (χ1v) is 8.11. The number of nitrogens with zero attached hydrogens (tertiary/aromatic N) is 3. The first-order chi connectivity index (χ1) is 11.7. The van der Waals surface area contributed by atoms with Crippen molar-refractivity contribution < 1.29 is 0 Å². The molecule has 0 fully saturated rings. The molecule has 0 radical (unpaired) electrons. The highest BCUT2D eigenvalue weighted by Crippen LogP contribution is 2.14. The van der Waals surface area contributed by atoms with Crippen molar-refractivity contribution in [3.63, 3.8) is 0 Å². The fraction of sp³-hybridized carbons (Fsp3) is 0.263. The van der Waals surface area contributed by atoms with Gasteiger partial charge in [-0.25, -0.2) is 4.98 Å². The van der Waals surface area contributed by atoms with E-state index in [9.17, 15) is 0 Å². The van der Waals surface area contributed by atoms with Crippen LogP contribution in [0.4, 0.5) is 0 Å². The molecule has 2 aromatic carbocycles. The largest absolute Gasteiger partial charge is 0.350 e. The standard InChI is InChI=1S/C19H23N5.HI/c1-14(15-9-5-4-6-10-15)22-19(20-2)21-13-18-23-16-11-7-8-12-17(16)24(18)3;/h4-12,14H,13H2,1-3H3,(H2,20,21,22);1H. The van der Waals surface area contributed by atoms with E-state index in [1.165, 1.54) is 5.56 Å². The summed E-state index contributed by atoms with van der Waals surface area (Å²) in [6, 6.07) is 18.7. The van der Waals surface area contributed by atoms with E-state index < -0.39 is 0 Å². The first-order valence-electron chi connectivity index (χ1n) is 8.11. The second-order valence-corrected chi connectivity index (χ2v) is 5.78. The van der Waals surface area contributed by atoms with Gasteiger partial charge in [-0.1, -0.05) is 42.5 Å². The number of aromatic nitrogens is 2. The molecule has 1 aromatic heterocycles. The van der Waals surface area contributed by atoms with Gasteiger partial charge in [-0.15, -0.1) is 24.0 Å². The van der Waals surface area contributed by atoms with Crippen LogP contribution in [0.3, 0.4) is 0 Å². The van der Waals surface area contributed by atoms with Crippen molar-refractivity contribution in [3.05, 3.63) is 66.0 Å². The average Bonchev–Trinajstić information content (AvgIpc) is 2.95. The minimum Gasteiger partial charge on any atom is -0.350 e. The minimum absolute atomic E-state index is 0. The van der Waals surface area contributed by atoms with Crippen molar-refractivity contribution >= 4 is 41.0 Å². The van der Waals surface area contributed by atoms with Gasteiger partial charge in [0.2, 0.25) is 0 Å². The molecule has 0 aliphatic carbocycles. The number of imidazole rings is 1. The minimum atomic E-state index is 0. The van der Waals surface area contributed by atoms with E-state index in [2.05, 4.69) is 50.3 Å². The topological polar surface area (TPSA) is 54.2 Å². The normalized spacial score (nSPS) is 12.5. The lowest BCUT2D eigenvalue weighted by Crippen LogP contribution is -2.38. The SMILES string of the molecule is CN=C(NCc1nc2ccccc2n1C)NC(C)c1ccccc1.I. The quantitative estimate of drug-likeness (QED) is 0.364. The first kappa shape index (κ1) is 19.2. The smallest absolute Gasteiger partial charge is 0.191 e. The predicted molar refractivity (Wildman–Crippen MR) is 114 cm³/mol. The highest BCUT2D eigenvalue weighted by Gasteiger charge is 2.10. The maximum atomic E-state index is 4.67. The van der Waals surface area contributed by atoms with E-state index in [4.69, 9.17) is 0 Å². The van der Waals surface area contributed by atoms with Crippen LogP contribution >= 0.6 is 24.0 Å². The molecule has 25 heavy (non-hydrogen) atoms. The van der Waals surface area contributed by atoms with Crippen LogP contribution in [0.5, 0.6) is 0 Å². The molecule has 1 heterocycles. The fourth-order valence-corrected chi connectivity index (χ4v) is 2.74. The van der Waals surface area contributed by atoms with Crippen LogP contribution in [0.15, 0.2) is 59.6 Å². The summed E-state index contributed by atoms with van der Waals surface area (Å²) in [6.07, 6.45) is 0. The number of para-hydroxylation sites is 2. The van der Waals surface area contributed by atoms with Gasteiger partial charge in [0.1, 0.15) is 5.82 Å². The summed E-state index contributed by atoms with van der Waals surface area (Å²) in [4.78, 5) is 8.98. The summed E-state index contributed by atoms with van der Waals surface area (Å²) in [5.41, 5.74) is 3.37. The Labute approximate surface area is 165 Å². The number of hydrogen-bond donors (Lipinski definition) is 2. The second-order valence-electron chi connectivity index (χ2n) is 5.78. The number of aryl methyl sites for hydroxylation is 1. The van der Waals surface area contributed by atoms with Gasteiger partial charge < -0.3 is 15.2 Å². The molecule has 6 heteroatoms. The lowest BCUT2D eigenvalue weighted by Gasteiger charge is -2.18. The Morgan fingerprint density at radius 2 is 1.80 bits per heavy atom. The van der Waals surface area contributed by atoms with Crippen LogP contribution in [-0.2, 0) is 13.6 Å². The molecule has 0 aliphatic rings. The molecule has 0 saturated carbocycles. The fourth-order valence-electron chi connectivity index (χ4n) is 2.74. The van der Waals surface area contributed by atoms with E-state index in [1.807, 2.05) is 43.4 Å². The number of aliphatic imine (C=N–C) groups is 1. The van der Waals surface area contributed by atoms with Crippen molar-refractivity contribution in [2.75, 3.05) is 7.05 Å². The van der Waals surface area contributed by atoms with Crippen molar-refractivity contribution in [3.8, 4) is 0 Å². The number of hydrogen-bond acceptors (Lipinski definition) is 2. The Balaban J connectivity index is 0.00000225. The van der Waals surface area contributed by atoms with Crippen molar-refractivity contribution in [1.82, 2.24) is 20.2 Å². The highest BCUT2D eigenvalue weighted by atomic mass is 127. The summed E-state index contributed by atoms with van der Waals surface area (Å²) >= 11 is 0. The summed E-state index contributed by atoms with van der Waals surface area (Å²) < 4.78 is 2.11. The van der Waals surface area contributed by atoms with Crippen molar-refractivity contribution in [2.45, 2.75) is 19.5 Å². The Morgan fingerprint density at radius 3 is 2.48 bits per heavy atom. The zero-order chi connectivity index (χ0) is 16.9. The third-order valence-electron chi connectivity index (χ3n) is 4.17. The lowest BCUT2D eigenvalue weighted by atomic mass is 10.1. The number of rotatable bonds is 4. The Hall–Kier alpha value is -2.09. The highest BCUT2D eigenvalue weighted by molar-refractivity contribution is 14.0. The van der Waals surface area contributed by atoms with Crippen LogP contribution in [-0.4, -0.2) is 22.6 Å². The van der Waals surface area contributed by atoms with Crippen molar-refractivity contribution in [2.24, 2.45) is 12.0 Å². The molecule has 0 amide bonds. The molecule has 3 aromatic rings. The zero-order valence-electron chi connectivity index (χ0n) is 14.7. The van der Waals surface area contributed by atoms with Gasteiger partial charge in [-0.05, 0) is 24.6 Å². The number of guanidine groups is 1. The molecule has 1 unspecified atom stereocenters. The molecular formula is C19H24IN5. The third kappa shape index (κ3) is 4.50. The van der Waals surface area contributed by atoms with Crippen LogP contribution in [0, 0.1) is 0 Å². The van der Waals surface area contributed by atoms with Gasteiger partial charge in [-0.3, -0.25) is 4.99 Å². The molecular weight excluding hydrogens is 425 g/mol. The van der Waals surface area contributed by atoms with Gasteiger partial charge in [0, 0.05) is 14.1 Å².